The number of benzene rings is 2. The van der Waals surface area contributed by atoms with E-state index in [9.17, 15) is 13.2 Å². The van der Waals surface area contributed by atoms with Crippen LogP contribution in [0.2, 0.25) is 0 Å². The minimum atomic E-state index is -3.59. The zero-order valence-electron chi connectivity index (χ0n) is 20.6. The van der Waals surface area contributed by atoms with Gasteiger partial charge in [-0.1, -0.05) is 37.7 Å². The number of hydrogen-bond donors (Lipinski definition) is 0. The van der Waals surface area contributed by atoms with Gasteiger partial charge in [-0.3, -0.25) is 9.69 Å². The van der Waals surface area contributed by atoms with Crippen molar-refractivity contribution in [3.63, 3.8) is 0 Å². The average Bonchev–Trinajstić information content (AvgIpc) is 3.54. The summed E-state index contributed by atoms with van der Waals surface area (Å²) in [5, 5.41) is 0.629. The number of unbranched alkanes of at least 4 members (excludes halogenated alkanes) is 1. The van der Waals surface area contributed by atoms with Gasteiger partial charge in [-0.25, -0.2) is 17.7 Å². The number of carbonyl (C=O) groups is 1. The molecule has 4 rings (SSSR count). The van der Waals surface area contributed by atoms with E-state index < -0.39 is 10.0 Å². The highest BCUT2D eigenvalue weighted by Gasteiger charge is 2.28. The lowest BCUT2D eigenvalue weighted by Crippen LogP contribution is -2.37. The van der Waals surface area contributed by atoms with Crippen LogP contribution in [-0.2, 0) is 21.2 Å². The van der Waals surface area contributed by atoms with Crippen LogP contribution < -0.4 is 4.90 Å². The molecule has 0 radical (unpaired) electrons. The molecule has 1 amide bonds. The number of thiazole rings is 1. The van der Waals surface area contributed by atoms with E-state index in [-0.39, 0.29) is 16.9 Å². The molecule has 1 aliphatic heterocycles. The molecule has 0 bridgehead atoms. The summed E-state index contributed by atoms with van der Waals surface area (Å²) in [6.45, 7) is 5.72. The second-order valence-corrected chi connectivity index (χ2v) is 12.0. The summed E-state index contributed by atoms with van der Waals surface area (Å²) in [5.41, 5.74) is 2.51. The monoisotopic (exact) mass is 515 g/mol. The maximum atomic E-state index is 13.6. The molecule has 9 heteroatoms. The van der Waals surface area contributed by atoms with E-state index >= 15 is 0 Å². The second-order valence-electron chi connectivity index (χ2n) is 8.91. The summed E-state index contributed by atoms with van der Waals surface area (Å²) in [5.74, 6) is -0.210. The van der Waals surface area contributed by atoms with Gasteiger partial charge in [0.05, 0.1) is 27.8 Å². The molecule has 2 heterocycles. The van der Waals surface area contributed by atoms with E-state index in [1.807, 2.05) is 13.0 Å². The molecule has 0 N–H and O–H groups in total. The Balaban J connectivity index is 1.62. The number of nitrogens with zero attached hydrogens (tertiary/aromatic N) is 3. The summed E-state index contributed by atoms with van der Waals surface area (Å²) in [4.78, 5) is 20.3. The zero-order valence-corrected chi connectivity index (χ0v) is 22.2. The topological polar surface area (TPSA) is 79.8 Å². The predicted molar refractivity (Wildman–Crippen MR) is 141 cm³/mol. The van der Waals surface area contributed by atoms with E-state index in [1.54, 1.807) is 24.1 Å². The van der Waals surface area contributed by atoms with Gasteiger partial charge < -0.3 is 4.74 Å². The number of hydrogen-bond acceptors (Lipinski definition) is 6. The number of anilines is 1. The zero-order chi connectivity index (χ0) is 25.0. The van der Waals surface area contributed by atoms with Crippen LogP contribution in [0.5, 0.6) is 0 Å². The van der Waals surface area contributed by atoms with Crippen LogP contribution in [0, 0.1) is 0 Å². The first-order valence-electron chi connectivity index (χ1n) is 12.2. The molecule has 0 saturated carbocycles. The van der Waals surface area contributed by atoms with Crippen molar-refractivity contribution in [1.82, 2.24) is 9.29 Å². The molecule has 1 saturated heterocycles. The fourth-order valence-corrected chi connectivity index (χ4v) is 6.38. The smallest absolute Gasteiger partial charge is 0.260 e. The van der Waals surface area contributed by atoms with Crippen LogP contribution in [0.1, 0.15) is 55.5 Å². The van der Waals surface area contributed by atoms with Crippen LogP contribution in [0.25, 0.3) is 10.2 Å². The van der Waals surface area contributed by atoms with Gasteiger partial charge in [-0.05, 0) is 67.6 Å². The van der Waals surface area contributed by atoms with Gasteiger partial charge in [0.2, 0.25) is 10.0 Å². The summed E-state index contributed by atoms with van der Waals surface area (Å²) < 4.78 is 34.0. The molecule has 1 aliphatic rings. The lowest BCUT2D eigenvalue weighted by Gasteiger charge is -2.23. The lowest BCUT2D eigenvalue weighted by molar-refractivity contribution is 0.0917. The molecule has 35 heavy (non-hydrogen) atoms. The van der Waals surface area contributed by atoms with Gasteiger partial charge in [-0.2, -0.15) is 0 Å². The molecule has 1 fully saturated rings. The van der Waals surface area contributed by atoms with Crippen LogP contribution in [0.4, 0.5) is 5.13 Å². The van der Waals surface area contributed by atoms with Crippen molar-refractivity contribution in [2.75, 3.05) is 31.6 Å². The lowest BCUT2D eigenvalue weighted by atomic mass is 10.1. The van der Waals surface area contributed by atoms with Crippen LogP contribution >= 0.6 is 11.3 Å². The van der Waals surface area contributed by atoms with Crippen molar-refractivity contribution < 1.29 is 17.9 Å². The van der Waals surface area contributed by atoms with Crippen LogP contribution in [-0.4, -0.2) is 56.5 Å². The first-order chi connectivity index (χ1) is 16.8. The summed E-state index contributed by atoms with van der Waals surface area (Å²) >= 11 is 1.50. The number of carbonyl (C=O) groups excluding carboxylic acids is 1. The molecular weight excluding hydrogens is 482 g/mol. The molecule has 3 aromatic rings. The normalized spacial score (nSPS) is 16.3. The molecule has 0 aliphatic carbocycles. The largest absolute Gasteiger partial charge is 0.376 e. The van der Waals surface area contributed by atoms with Crippen LogP contribution in [0.3, 0.4) is 0 Å². The fraction of sp³-hybridized carbons (Fsp3) is 0.462. The Hall–Kier alpha value is -2.33. The predicted octanol–water partition coefficient (Wildman–Crippen LogP) is 5.11. The summed E-state index contributed by atoms with van der Waals surface area (Å²) in [7, 11) is -2.00. The first-order valence-corrected chi connectivity index (χ1v) is 14.5. The van der Waals surface area contributed by atoms with E-state index in [2.05, 4.69) is 19.1 Å². The molecular formula is C26H33N3O4S2. The fourth-order valence-electron chi connectivity index (χ4n) is 4.14. The molecule has 1 aromatic heterocycles. The maximum Gasteiger partial charge on any atom is 0.260 e. The van der Waals surface area contributed by atoms with Crippen molar-refractivity contribution in [3.8, 4) is 0 Å². The van der Waals surface area contributed by atoms with Crippen molar-refractivity contribution >= 4 is 42.6 Å². The van der Waals surface area contributed by atoms with E-state index in [4.69, 9.17) is 9.72 Å². The molecule has 188 valence electrons. The first kappa shape index (κ1) is 25.8. The van der Waals surface area contributed by atoms with Crippen molar-refractivity contribution in [3.05, 3.63) is 53.6 Å². The summed E-state index contributed by atoms with van der Waals surface area (Å²) in [6.07, 6.45) is 4.49. The average molecular weight is 516 g/mol. The SMILES string of the molecule is CCCCN(C)S(=O)(=O)c1ccc(C(=O)N(CC2CCCO2)c2nc3ccc(CC)cc3s2)cc1. The number of rotatable bonds is 10. The highest BCUT2D eigenvalue weighted by Crippen LogP contribution is 2.32. The van der Waals surface area contributed by atoms with E-state index in [0.29, 0.717) is 30.4 Å². The standard InChI is InChI=1S/C26H33N3O4S2/c1-4-6-15-28(3)35(31,32)22-12-10-20(11-13-22)25(30)29(18-21-8-7-16-33-21)26-27-23-14-9-19(5-2)17-24(23)34-26/h9-14,17,21H,4-8,15-16,18H2,1-3H3. The van der Waals surface area contributed by atoms with Gasteiger partial charge in [0.15, 0.2) is 5.13 Å². The second kappa shape index (κ2) is 11.2. The number of ether oxygens (including phenoxy) is 1. The Morgan fingerprint density at radius 2 is 1.94 bits per heavy atom. The third kappa shape index (κ3) is 5.74. The highest BCUT2D eigenvalue weighted by molar-refractivity contribution is 7.89. The quantitative estimate of drug-likeness (QED) is 0.375. The minimum Gasteiger partial charge on any atom is -0.376 e. The number of aromatic nitrogens is 1. The van der Waals surface area contributed by atoms with Gasteiger partial charge >= 0.3 is 0 Å². The maximum absolute atomic E-state index is 13.6. The molecule has 1 unspecified atom stereocenters. The van der Waals surface area contributed by atoms with Crippen molar-refractivity contribution in [2.45, 2.75) is 57.0 Å². The molecule has 1 atom stereocenters. The number of amides is 1. The Morgan fingerprint density at radius 3 is 2.60 bits per heavy atom. The Kier molecular flexibility index (Phi) is 8.21. The number of aryl methyl sites for hydroxylation is 1. The molecule has 2 aromatic carbocycles. The highest BCUT2D eigenvalue weighted by atomic mass is 32.2. The van der Waals surface area contributed by atoms with Gasteiger partial charge in [-0.15, -0.1) is 0 Å². The van der Waals surface area contributed by atoms with E-state index in [0.717, 1.165) is 42.3 Å². The third-order valence-electron chi connectivity index (χ3n) is 6.37. The summed E-state index contributed by atoms with van der Waals surface area (Å²) in [6, 6.07) is 12.4. The Bertz CT molecular complexity index is 1270. The van der Waals surface area contributed by atoms with Crippen LogP contribution in [0.15, 0.2) is 47.4 Å². The molecule has 7 nitrogen and oxygen atoms in total. The van der Waals surface area contributed by atoms with Gasteiger partial charge in [0.1, 0.15) is 0 Å². The number of sulfonamides is 1. The molecule has 0 spiro atoms. The van der Waals surface area contributed by atoms with Gasteiger partial charge in [0, 0.05) is 25.8 Å². The van der Waals surface area contributed by atoms with Crippen molar-refractivity contribution in [2.24, 2.45) is 0 Å². The van der Waals surface area contributed by atoms with Gasteiger partial charge in [0.25, 0.3) is 5.91 Å². The van der Waals surface area contributed by atoms with Crippen molar-refractivity contribution in [1.29, 1.82) is 0 Å². The van der Waals surface area contributed by atoms with E-state index in [1.165, 1.54) is 33.3 Å². The Labute approximate surface area is 211 Å². The number of fused-ring (bicyclic) bond motifs is 1. The third-order valence-corrected chi connectivity index (χ3v) is 9.28. The Morgan fingerprint density at radius 1 is 1.17 bits per heavy atom. The minimum absolute atomic E-state index is 0.0379.